The van der Waals surface area contributed by atoms with Crippen LogP contribution in [-0.4, -0.2) is 23.4 Å². The van der Waals surface area contributed by atoms with Gasteiger partial charge in [0.15, 0.2) is 0 Å². The van der Waals surface area contributed by atoms with Crippen LogP contribution in [0.15, 0.2) is 0 Å². The summed E-state index contributed by atoms with van der Waals surface area (Å²) in [5.41, 5.74) is 2.54. The summed E-state index contributed by atoms with van der Waals surface area (Å²) in [6, 6.07) is 0. The first kappa shape index (κ1) is 23.3. The molecular formula is C31H52O2. The molecule has 0 aromatic rings. The molecule has 0 bridgehead atoms. The van der Waals surface area contributed by atoms with Crippen LogP contribution in [0.1, 0.15) is 119 Å². The summed E-state index contributed by atoms with van der Waals surface area (Å²) in [5, 5.41) is 10.9. The van der Waals surface area contributed by atoms with E-state index in [1.165, 1.54) is 64.2 Å². The second kappa shape index (κ2) is 6.81. The summed E-state index contributed by atoms with van der Waals surface area (Å²) >= 11 is 0. The normalized spacial score (nSPS) is 57.0. The maximum Gasteiger partial charge on any atom is 0.0939 e. The molecule has 0 radical (unpaired) electrons. The topological polar surface area (TPSA) is 32.8 Å². The maximum absolute atomic E-state index is 10.9. The van der Waals surface area contributed by atoms with Crippen LogP contribution in [-0.2, 0) is 4.74 Å². The highest BCUT2D eigenvalue weighted by Gasteiger charge is 2.82. The van der Waals surface area contributed by atoms with Gasteiger partial charge in [-0.15, -0.1) is 0 Å². The van der Waals surface area contributed by atoms with Crippen molar-refractivity contribution in [2.75, 3.05) is 6.61 Å². The Morgan fingerprint density at radius 3 is 2.15 bits per heavy atom. The molecule has 6 rings (SSSR count). The summed E-state index contributed by atoms with van der Waals surface area (Å²) in [4.78, 5) is 0. The maximum atomic E-state index is 10.9. The first-order valence-electron chi connectivity index (χ1n) is 14.7. The van der Waals surface area contributed by atoms with E-state index in [4.69, 9.17) is 4.74 Å². The van der Waals surface area contributed by atoms with Crippen molar-refractivity contribution in [3.05, 3.63) is 0 Å². The van der Waals surface area contributed by atoms with Crippen molar-refractivity contribution in [1.29, 1.82) is 0 Å². The average Bonchev–Trinajstić information content (AvgIpc) is 3.64. The highest BCUT2D eigenvalue weighted by atomic mass is 16.6. The summed E-state index contributed by atoms with van der Waals surface area (Å²) in [6.07, 6.45) is 15.0. The van der Waals surface area contributed by atoms with E-state index in [0.717, 1.165) is 36.7 Å². The highest BCUT2D eigenvalue weighted by Crippen LogP contribution is 2.89. The fourth-order valence-electron chi connectivity index (χ4n) is 11.8. The molecule has 188 valence electrons. The summed E-state index contributed by atoms with van der Waals surface area (Å²) in [5.74, 6) is 4.04. The van der Waals surface area contributed by atoms with E-state index in [1.54, 1.807) is 0 Å². The lowest BCUT2D eigenvalue weighted by Gasteiger charge is -2.63. The Labute approximate surface area is 204 Å². The smallest absolute Gasteiger partial charge is 0.0939 e. The van der Waals surface area contributed by atoms with Crippen LogP contribution in [0.3, 0.4) is 0 Å². The molecule has 1 unspecified atom stereocenters. The Morgan fingerprint density at radius 1 is 0.818 bits per heavy atom. The molecule has 0 aromatic heterocycles. The molecule has 2 nitrogen and oxygen atoms in total. The Morgan fingerprint density at radius 2 is 1.48 bits per heavy atom. The Balaban J connectivity index is 1.24. The molecule has 1 heterocycles. The quantitative estimate of drug-likeness (QED) is 0.431. The van der Waals surface area contributed by atoms with E-state index >= 15 is 0 Å². The van der Waals surface area contributed by atoms with Gasteiger partial charge >= 0.3 is 0 Å². The first-order chi connectivity index (χ1) is 15.4. The number of epoxide rings is 1. The second-order valence-electron chi connectivity index (χ2n) is 15.6. The van der Waals surface area contributed by atoms with Crippen LogP contribution in [0.5, 0.6) is 0 Å². The van der Waals surface area contributed by atoms with E-state index in [0.29, 0.717) is 27.6 Å². The molecule has 5 saturated carbocycles. The Hall–Kier alpha value is -0.0800. The van der Waals surface area contributed by atoms with Crippen LogP contribution < -0.4 is 0 Å². The first-order valence-corrected chi connectivity index (χ1v) is 14.7. The number of ether oxygens (including phenoxy) is 1. The summed E-state index contributed by atoms with van der Waals surface area (Å²) in [7, 11) is 0. The van der Waals surface area contributed by atoms with E-state index in [2.05, 4.69) is 48.5 Å². The van der Waals surface area contributed by atoms with Gasteiger partial charge in [0.1, 0.15) is 0 Å². The monoisotopic (exact) mass is 456 g/mol. The minimum Gasteiger partial charge on any atom is -0.393 e. The lowest BCUT2D eigenvalue weighted by Crippen LogP contribution is -2.57. The highest BCUT2D eigenvalue weighted by molar-refractivity contribution is 5.30. The zero-order valence-electron chi connectivity index (χ0n) is 22.8. The minimum absolute atomic E-state index is 0.0898. The molecule has 1 aliphatic heterocycles. The van der Waals surface area contributed by atoms with Crippen molar-refractivity contribution in [2.45, 2.75) is 131 Å². The minimum atomic E-state index is -0.0898. The molecule has 2 spiro atoms. The molecule has 2 heteroatoms. The van der Waals surface area contributed by atoms with Crippen molar-refractivity contribution in [3.63, 3.8) is 0 Å². The second-order valence-corrected chi connectivity index (χ2v) is 15.6. The SMILES string of the molecule is CC(C)C1(CC[C@@H](C)[C@H]2CC[C@@]3(C)[C@@H]4CC[C@H]5C(C)(C)[C@@H](O)CC[C@@]56C[C@@]46CC[C@]23C)CO1. The zero-order chi connectivity index (χ0) is 23.7. The van der Waals surface area contributed by atoms with E-state index in [1.807, 2.05) is 0 Å². The third-order valence-corrected chi connectivity index (χ3v) is 14.4. The molecule has 1 N–H and O–H groups in total. The lowest BCUT2D eigenvalue weighted by atomic mass is 9.41. The predicted molar refractivity (Wildman–Crippen MR) is 135 cm³/mol. The van der Waals surface area contributed by atoms with Crippen molar-refractivity contribution in [1.82, 2.24) is 0 Å². The molecule has 6 fully saturated rings. The number of aliphatic hydroxyl groups excluding tert-OH is 1. The third kappa shape index (κ3) is 2.70. The van der Waals surface area contributed by atoms with Gasteiger partial charge in [-0.25, -0.2) is 0 Å². The third-order valence-electron chi connectivity index (χ3n) is 14.4. The molecular weight excluding hydrogens is 404 g/mol. The number of hydrogen-bond donors (Lipinski definition) is 1. The van der Waals surface area contributed by atoms with Gasteiger partial charge in [0.25, 0.3) is 0 Å². The van der Waals surface area contributed by atoms with Gasteiger partial charge in [0, 0.05) is 0 Å². The van der Waals surface area contributed by atoms with Crippen LogP contribution in [0.4, 0.5) is 0 Å². The van der Waals surface area contributed by atoms with Crippen molar-refractivity contribution >= 4 is 0 Å². The molecule has 6 aliphatic rings. The van der Waals surface area contributed by atoms with Crippen LogP contribution in [0.25, 0.3) is 0 Å². The van der Waals surface area contributed by atoms with Gasteiger partial charge < -0.3 is 9.84 Å². The standard InChI is InChI=1S/C31H52O2/c1-20(2)31(19-33-31)15-10-21(3)22-11-13-28(7)24-9-8-23-26(4,5)25(32)12-14-29(23)18-30(24,29)17-16-27(22,28)6/h20-25,32H,8-19H2,1-7H3/t21-,22-,23+,24+,25+,27-,28+,29-,30+,31?/m1/s1. The van der Waals surface area contributed by atoms with Gasteiger partial charge in [0.05, 0.1) is 18.3 Å². The van der Waals surface area contributed by atoms with Crippen molar-refractivity contribution in [2.24, 2.45) is 56.7 Å². The largest absolute Gasteiger partial charge is 0.393 e. The van der Waals surface area contributed by atoms with Crippen molar-refractivity contribution in [3.8, 4) is 0 Å². The van der Waals surface area contributed by atoms with E-state index in [-0.39, 0.29) is 17.1 Å². The molecule has 5 aliphatic carbocycles. The van der Waals surface area contributed by atoms with Gasteiger partial charge in [-0.05, 0) is 127 Å². The van der Waals surface area contributed by atoms with Crippen LogP contribution >= 0.6 is 0 Å². The van der Waals surface area contributed by atoms with E-state index < -0.39 is 0 Å². The van der Waals surface area contributed by atoms with Crippen molar-refractivity contribution < 1.29 is 9.84 Å². The molecule has 1 saturated heterocycles. The van der Waals surface area contributed by atoms with Gasteiger partial charge in [-0.3, -0.25) is 0 Å². The number of hydrogen-bond acceptors (Lipinski definition) is 2. The molecule has 0 amide bonds. The summed E-state index contributed by atoms with van der Waals surface area (Å²) in [6.45, 7) is 18.5. The number of fused-ring (bicyclic) bond motifs is 2. The molecule has 33 heavy (non-hydrogen) atoms. The van der Waals surface area contributed by atoms with E-state index in [9.17, 15) is 5.11 Å². The predicted octanol–water partition coefficient (Wildman–Crippen LogP) is 7.63. The number of aliphatic hydroxyl groups is 1. The summed E-state index contributed by atoms with van der Waals surface area (Å²) < 4.78 is 5.97. The fourth-order valence-corrected chi connectivity index (χ4v) is 11.8. The lowest BCUT2D eigenvalue weighted by molar-refractivity contribution is -0.161. The molecule has 0 aromatic carbocycles. The fraction of sp³-hybridized carbons (Fsp3) is 1.00. The van der Waals surface area contributed by atoms with Gasteiger partial charge in [-0.2, -0.15) is 0 Å². The van der Waals surface area contributed by atoms with Crippen LogP contribution in [0.2, 0.25) is 0 Å². The molecule has 10 atom stereocenters. The average molecular weight is 457 g/mol. The van der Waals surface area contributed by atoms with Crippen LogP contribution in [0, 0.1) is 56.7 Å². The number of rotatable bonds is 5. The Kier molecular flexibility index (Phi) is 4.82. The Bertz CT molecular complexity index is 812. The van der Waals surface area contributed by atoms with Gasteiger partial charge in [0.2, 0.25) is 0 Å². The van der Waals surface area contributed by atoms with Gasteiger partial charge in [-0.1, -0.05) is 48.5 Å². The zero-order valence-corrected chi connectivity index (χ0v) is 22.8.